The summed E-state index contributed by atoms with van der Waals surface area (Å²) in [6, 6.07) is 6.34. The Balaban J connectivity index is 1.28. The molecule has 1 aromatic carbocycles. The highest BCUT2D eigenvalue weighted by molar-refractivity contribution is 6.02. The van der Waals surface area contributed by atoms with Crippen molar-refractivity contribution in [2.75, 3.05) is 25.6 Å². The van der Waals surface area contributed by atoms with E-state index >= 15 is 0 Å². The van der Waals surface area contributed by atoms with Crippen molar-refractivity contribution >= 4 is 23.4 Å². The van der Waals surface area contributed by atoms with E-state index in [0.29, 0.717) is 24.6 Å². The number of benzene rings is 1. The quantitative estimate of drug-likeness (QED) is 0.547. The molecule has 5 aliphatic rings. The summed E-state index contributed by atoms with van der Waals surface area (Å²) in [5.41, 5.74) is -0.541. The summed E-state index contributed by atoms with van der Waals surface area (Å²) < 4.78 is 17.5. The van der Waals surface area contributed by atoms with Gasteiger partial charge in [-0.3, -0.25) is 14.4 Å². The normalized spacial score (nSPS) is 34.6. The Kier molecular flexibility index (Phi) is 6.44. The van der Waals surface area contributed by atoms with E-state index < -0.39 is 29.6 Å². The molecule has 4 fully saturated rings. The molecule has 1 aromatic rings. The molecule has 198 valence electrons. The third kappa shape index (κ3) is 4.22. The molecule has 3 saturated heterocycles. The van der Waals surface area contributed by atoms with E-state index in [9.17, 15) is 14.4 Å². The topological polar surface area (TPSA) is 106 Å². The molecule has 0 unspecified atom stereocenters. The van der Waals surface area contributed by atoms with E-state index in [4.69, 9.17) is 14.2 Å². The number of methoxy groups -OCH3 is 1. The molecule has 6 rings (SSSR count). The van der Waals surface area contributed by atoms with E-state index in [2.05, 4.69) is 10.6 Å². The second-order valence-corrected chi connectivity index (χ2v) is 10.9. The first-order chi connectivity index (χ1) is 18.0. The lowest BCUT2D eigenvalue weighted by Crippen LogP contribution is -2.57. The fourth-order valence-corrected chi connectivity index (χ4v) is 6.90. The van der Waals surface area contributed by atoms with Gasteiger partial charge in [-0.2, -0.15) is 0 Å². The van der Waals surface area contributed by atoms with E-state index in [0.717, 1.165) is 38.5 Å². The molecule has 0 radical (unpaired) electrons. The van der Waals surface area contributed by atoms with Gasteiger partial charge in [-0.1, -0.05) is 31.4 Å². The third-order valence-corrected chi connectivity index (χ3v) is 8.66. The zero-order chi connectivity index (χ0) is 25.6. The molecule has 1 saturated carbocycles. The number of rotatable bonds is 7. The van der Waals surface area contributed by atoms with E-state index in [1.165, 1.54) is 6.42 Å². The average molecular weight is 510 g/mol. The van der Waals surface area contributed by atoms with Crippen molar-refractivity contribution < 1.29 is 28.6 Å². The minimum atomic E-state index is -1.15. The number of hydrogen-bond acceptors (Lipinski definition) is 6. The van der Waals surface area contributed by atoms with Crippen LogP contribution in [0.25, 0.3) is 0 Å². The Morgan fingerprint density at radius 1 is 1.08 bits per heavy atom. The Morgan fingerprint density at radius 3 is 2.57 bits per heavy atom. The first-order valence-corrected chi connectivity index (χ1v) is 13.5. The second-order valence-electron chi connectivity index (χ2n) is 10.9. The highest BCUT2D eigenvalue weighted by Gasteiger charge is 2.73. The molecule has 0 aromatic heterocycles. The van der Waals surface area contributed by atoms with Crippen molar-refractivity contribution in [1.29, 1.82) is 0 Å². The molecule has 4 heterocycles. The fourth-order valence-electron chi connectivity index (χ4n) is 6.90. The van der Waals surface area contributed by atoms with Crippen molar-refractivity contribution in [1.82, 2.24) is 10.2 Å². The summed E-state index contributed by atoms with van der Waals surface area (Å²) in [4.78, 5) is 43.0. The summed E-state index contributed by atoms with van der Waals surface area (Å²) in [6.07, 6.45) is 10.1. The monoisotopic (exact) mass is 509 g/mol. The lowest BCUT2D eigenvalue weighted by atomic mass is 9.74. The molecule has 9 nitrogen and oxygen atoms in total. The summed E-state index contributed by atoms with van der Waals surface area (Å²) in [5, 5.41) is 6.16. The molecule has 37 heavy (non-hydrogen) atoms. The number of carbonyl (C=O) groups is 3. The number of anilines is 1. The Labute approximate surface area is 216 Å². The van der Waals surface area contributed by atoms with Crippen molar-refractivity contribution in [3.8, 4) is 5.75 Å². The summed E-state index contributed by atoms with van der Waals surface area (Å²) >= 11 is 0. The number of carbonyl (C=O) groups excluding carboxylic acids is 3. The fraction of sp³-hybridized carbons (Fsp3) is 0.607. The predicted molar refractivity (Wildman–Crippen MR) is 135 cm³/mol. The van der Waals surface area contributed by atoms with Crippen LogP contribution >= 0.6 is 0 Å². The van der Waals surface area contributed by atoms with Crippen molar-refractivity contribution in [3.63, 3.8) is 0 Å². The van der Waals surface area contributed by atoms with Gasteiger partial charge in [0.1, 0.15) is 17.4 Å². The minimum absolute atomic E-state index is 0.105. The Bertz CT molecular complexity index is 1080. The SMILES string of the molecule is COc1ccc(NC(=O)[C@H]2[C@H]3C=C[C@@]4(O3)[C@H]2C(=O)N(C[C@H]2CCCO2)[C@@H]4C(=O)NC2CCCCC2)cc1. The number of ether oxygens (including phenoxy) is 3. The highest BCUT2D eigenvalue weighted by Crippen LogP contribution is 2.55. The van der Waals surface area contributed by atoms with Crippen LogP contribution in [0.2, 0.25) is 0 Å². The third-order valence-electron chi connectivity index (χ3n) is 8.66. The summed E-state index contributed by atoms with van der Waals surface area (Å²) in [7, 11) is 1.58. The molecular formula is C28H35N3O6. The van der Waals surface area contributed by atoms with Crippen molar-refractivity contribution in [2.45, 2.75) is 74.8 Å². The van der Waals surface area contributed by atoms with E-state index in [1.807, 2.05) is 12.2 Å². The van der Waals surface area contributed by atoms with Crippen LogP contribution in [-0.4, -0.2) is 72.8 Å². The molecular weight excluding hydrogens is 474 g/mol. The smallest absolute Gasteiger partial charge is 0.246 e. The van der Waals surface area contributed by atoms with E-state index in [1.54, 1.807) is 36.3 Å². The first-order valence-electron chi connectivity index (χ1n) is 13.5. The van der Waals surface area contributed by atoms with Crippen molar-refractivity contribution in [2.24, 2.45) is 11.8 Å². The molecule has 9 heteroatoms. The first kappa shape index (κ1) is 24.4. The molecule has 6 atom stereocenters. The van der Waals surface area contributed by atoms with Crippen LogP contribution in [0, 0.1) is 11.8 Å². The highest BCUT2D eigenvalue weighted by atomic mass is 16.5. The maximum atomic E-state index is 14.0. The lowest BCUT2D eigenvalue weighted by Gasteiger charge is -2.34. The van der Waals surface area contributed by atoms with Gasteiger partial charge in [-0.05, 0) is 49.9 Å². The molecule has 1 spiro atoms. The number of hydrogen-bond donors (Lipinski definition) is 2. The minimum Gasteiger partial charge on any atom is -0.497 e. The molecule has 3 amide bonds. The van der Waals surface area contributed by atoms with Crippen LogP contribution in [0.15, 0.2) is 36.4 Å². The van der Waals surface area contributed by atoms with E-state index in [-0.39, 0.29) is 29.9 Å². The molecule has 4 aliphatic heterocycles. The summed E-state index contributed by atoms with van der Waals surface area (Å²) in [5.74, 6) is -1.48. The van der Waals surface area contributed by atoms with Gasteiger partial charge >= 0.3 is 0 Å². The number of nitrogens with one attached hydrogen (secondary N) is 2. The van der Waals surface area contributed by atoms with Gasteiger partial charge in [0.2, 0.25) is 17.7 Å². The average Bonchev–Trinajstić information content (AvgIpc) is 3.68. The Hall–Kier alpha value is -2.91. The standard InChI is InChI=1S/C28H35N3O6/c1-35-19-11-9-18(10-12-19)29-25(32)22-21-13-14-28(37-21)23(22)27(34)31(16-20-8-5-15-36-20)24(28)26(33)30-17-6-3-2-4-7-17/h9-14,17,20-24H,2-8,15-16H2,1H3,(H,29,32)(H,30,33)/t20-,21-,22+,23-,24-,28-/m1/s1. The number of nitrogens with zero attached hydrogens (tertiary/aromatic N) is 1. The zero-order valence-electron chi connectivity index (χ0n) is 21.2. The largest absolute Gasteiger partial charge is 0.497 e. The molecule has 2 N–H and O–H groups in total. The van der Waals surface area contributed by atoms with Crippen LogP contribution in [-0.2, 0) is 23.9 Å². The van der Waals surface area contributed by atoms with Gasteiger partial charge in [-0.25, -0.2) is 0 Å². The van der Waals surface area contributed by atoms with Gasteiger partial charge in [-0.15, -0.1) is 0 Å². The molecule has 2 bridgehead atoms. The maximum Gasteiger partial charge on any atom is 0.246 e. The van der Waals surface area contributed by atoms with Crippen LogP contribution in [0.3, 0.4) is 0 Å². The second kappa shape index (κ2) is 9.76. The van der Waals surface area contributed by atoms with Crippen molar-refractivity contribution in [3.05, 3.63) is 36.4 Å². The van der Waals surface area contributed by atoms with Gasteiger partial charge < -0.3 is 29.7 Å². The lowest BCUT2D eigenvalue weighted by molar-refractivity contribution is -0.143. The zero-order valence-corrected chi connectivity index (χ0v) is 21.2. The van der Waals surface area contributed by atoms with Crippen LogP contribution < -0.4 is 15.4 Å². The van der Waals surface area contributed by atoms with Crippen LogP contribution in [0.5, 0.6) is 5.75 Å². The molecule has 1 aliphatic carbocycles. The van der Waals surface area contributed by atoms with Gasteiger partial charge in [0, 0.05) is 24.9 Å². The predicted octanol–water partition coefficient (Wildman–Crippen LogP) is 2.41. The number of likely N-dealkylation sites (tertiary alicyclic amines) is 1. The van der Waals surface area contributed by atoms with Gasteiger partial charge in [0.15, 0.2) is 0 Å². The van der Waals surface area contributed by atoms with Gasteiger partial charge in [0.05, 0.1) is 31.2 Å². The van der Waals surface area contributed by atoms with Crippen LogP contribution in [0.1, 0.15) is 44.9 Å². The number of fused-ring (bicyclic) bond motifs is 1. The van der Waals surface area contributed by atoms with Gasteiger partial charge in [0.25, 0.3) is 0 Å². The summed E-state index contributed by atoms with van der Waals surface area (Å²) in [6.45, 7) is 0.986. The Morgan fingerprint density at radius 2 is 1.86 bits per heavy atom. The maximum absolute atomic E-state index is 14.0. The number of amides is 3. The van der Waals surface area contributed by atoms with Crippen LogP contribution in [0.4, 0.5) is 5.69 Å².